The van der Waals surface area contributed by atoms with Crippen molar-refractivity contribution in [2.75, 3.05) is 30.5 Å². The molecule has 0 spiro atoms. The molecule has 0 amide bonds. The summed E-state index contributed by atoms with van der Waals surface area (Å²) in [5.74, 6) is 1.05. The van der Waals surface area contributed by atoms with Crippen LogP contribution in [0, 0.1) is 0 Å². The highest BCUT2D eigenvalue weighted by molar-refractivity contribution is 5.81. The predicted molar refractivity (Wildman–Crippen MR) is 130 cm³/mol. The van der Waals surface area contributed by atoms with Crippen molar-refractivity contribution in [2.24, 2.45) is 0 Å². The van der Waals surface area contributed by atoms with Gasteiger partial charge in [0.05, 0.1) is 18.8 Å². The lowest BCUT2D eigenvalue weighted by atomic mass is 10.2. The van der Waals surface area contributed by atoms with Crippen molar-refractivity contribution in [3.05, 3.63) is 53.6 Å². The molecule has 1 aliphatic rings. The zero-order valence-electron chi connectivity index (χ0n) is 19.9. The van der Waals surface area contributed by atoms with Crippen LogP contribution in [0.5, 0.6) is 17.5 Å². The fourth-order valence-corrected chi connectivity index (χ4v) is 3.52. The molecule has 0 fully saturated rings. The highest BCUT2D eigenvalue weighted by Gasteiger charge is 2.29. The third-order valence-electron chi connectivity index (χ3n) is 5.29. The number of nitrogens with zero attached hydrogens (tertiary/aromatic N) is 3. The van der Waals surface area contributed by atoms with E-state index in [1.54, 1.807) is 18.2 Å². The van der Waals surface area contributed by atoms with Crippen molar-refractivity contribution in [1.29, 1.82) is 0 Å². The Hall–Kier alpha value is -4.09. The third kappa shape index (κ3) is 8.23. The molecule has 196 valence electrons. The van der Waals surface area contributed by atoms with Crippen LogP contribution in [-0.4, -0.2) is 47.2 Å². The van der Waals surface area contributed by atoms with Crippen molar-refractivity contribution in [1.82, 2.24) is 15.0 Å². The number of anilines is 3. The number of aldehydes is 1. The second-order valence-electron chi connectivity index (χ2n) is 8.28. The van der Waals surface area contributed by atoms with E-state index in [0.29, 0.717) is 42.2 Å². The maximum Gasteiger partial charge on any atom is 0.422 e. The van der Waals surface area contributed by atoms with Gasteiger partial charge in [-0.1, -0.05) is 12.1 Å². The van der Waals surface area contributed by atoms with Crippen LogP contribution >= 0.6 is 0 Å². The summed E-state index contributed by atoms with van der Waals surface area (Å²) in [5.41, 5.74) is 1.71. The Kier molecular flexibility index (Phi) is 8.60. The molecular weight excluding hydrogens is 491 g/mol. The zero-order chi connectivity index (χ0) is 26.1. The fraction of sp³-hybridized carbons (Fsp3) is 0.360. The summed E-state index contributed by atoms with van der Waals surface area (Å²) in [6, 6.07) is 11.8. The van der Waals surface area contributed by atoms with Crippen LogP contribution in [0.2, 0.25) is 0 Å². The number of benzene rings is 2. The Morgan fingerprint density at radius 3 is 2.51 bits per heavy atom. The lowest BCUT2D eigenvalue weighted by molar-refractivity contribution is -0.154. The van der Waals surface area contributed by atoms with Gasteiger partial charge < -0.3 is 24.8 Å². The molecule has 0 radical (unpaired) electrons. The zero-order valence-corrected chi connectivity index (χ0v) is 19.9. The van der Waals surface area contributed by atoms with E-state index in [2.05, 4.69) is 25.6 Å². The Balaban J connectivity index is 1.62. The highest BCUT2D eigenvalue weighted by atomic mass is 19.4. The van der Waals surface area contributed by atoms with Crippen molar-refractivity contribution in [3.63, 3.8) is 0 Å². The molecule has 1 aliphatic heterocycles. The summed E-state index contributed by atoms with van der Waals surface area (Å²) in [6.45, 7) is -0.285. The quantitative estimate of drug-likeness (QED) is 0.447. The largest absolute Gasteiger partial charge is 0.494 e. The number of halogens is 3. The number of hydrogen-bond donors (Lipinski definition) is 2. The van der Waals surface area contributed by atoms with E-state index in [1.807, 2.05) is 24.3 Å². The number of hydrogen-bond acceptors (Lipinski definition) is 9. The number of aromatic nitrogens is 3. The van der Waals surface area contributed by atoms with E-state index in [9.17, 15) is 18.0 Å². The van der Waals surface area contributed by atoms with Crippen LogP contribution in [0.25, 0.3) is 0 Å². The van der Waals surface area contributed by atoms with E-state index in [4.69, 9.17) is 14.2 Å². The van der Waals surface area contributed by atoms with E-state index in [-0.39, 0.29) is 18.4 Å². The van der Waals surface area contributed by atoms with Gasteiger partial charge in [-0.2, -0.15) is 28.1 Å². The lowest BCUT2D eigenvalue weighted by Crippen LogP contribution is -2.21. The topological polar surface area (TPSA) is 107 Å². The van der Waals surface area contributed by atoms with Crippen molar-refractivity contribution in [3.8, 4) is 17.5 Å². The van der Waals surface area contributed by atoms with Crippen molar-refractivity contribution >= 4 is 23.9 Å². The Morgan fingerprint density at radius 1 is 0.946 bits per heavy atom. The van der Waals surface area contributed by atoms with Gasteiger partial charge in [0.25, 0.3) is 0 Å². The van der Waals surface area contributed by atoms with E-state index in [0.717, 1.165) is 31.2 Å². The predicted octanol–water partition coefficient (Wildman–Crippen LogP) is 5.31. The van der Waals surface area contributed by atoms with E-state index >= 15 is 0 Å². The molecule has 0 unspecified atom stereocenters. The van der Waals surface area contributed by atoms with Gasteiger partial charge in [-0.25, -0.2) is 0 Å². The minimum absolute atomic E-state index is 0.0105. The molecule has 9 nitrogen and oxygen atoms in total. The van der Waals surface area contributed by atoms with Gasteiger partial charge in [-0.05, 0) is 55.5 Å². The number of carbonyl (C=O) groups excluding carboxylic acids is 1. The van der Waals surface area contributed by atoms with Gasteiger partial charge in [-0.3, -0.25) is 4.79 Å². The van der Waals surface area contributed by atoms with Crippen LogP contribution < -0.4 is 24.8 Å². The molecule has 2 N–H and O–H groups in total. The summed E-state index contributed by atoms with van der Waals surface area (Å²) >= 11 is 0. The average molecular weight is 518 g/mol. The summed E-state index contributed by atoms with van der Waals surface area (Å²) in [6.07, 6.45) is -0.270. The maximum atomic E-state index is 12.7. The number of fused-ring (bicyclic) bond motifs is 6. The van der Waals surface area contributed by atoms with Gasteiger partial charge in [0.1, 0.15) is 11.5 Å². The number of alkyl halides is 3. The maximum absolute atomic E-state index is 12.7. The monoisotopic (exact) mass is 517 g/mol. The molecule has 2 heterocycles. The van der Waals surface area contributed by atoms with E-state index in [1.165, 1.54) is 0 Å². The van der Waals surface area contributed by atoms with Crippen molar-refractivity contribution in [2.45, 2.75) is 38.4 Å². The first kappa shape index (κ1) is 26.0. The number of carbonyl (C=O) groups is 1. The van der Waals surface area contributed by atoms with E-state index < -0.39 is 18.8 Å². The Bertz CT molecular complexity index is 1210. The number of ether oxygens (including phenoxy) is 3. The second kappa shape index (κ2) is 12.2. The second-order valence-corrected chi connectivity index (χ2v) is 8.28. The summed E-state index contributed by atoms with van der Waals surface area (Å²) in [7, 11) is 0. The van der Waals surface area contributed by atoms with Crippen molar-refractivity contribution < 1.29 is 32.2 Å². The molecule has 12 heteroatoms. The lowest BCUT2D eigenvalue weighted by Gasteiger charge is -2.14. The van der Waals surface area contributed by atoms with Crippen LogP contribution in [0.15, 0.2) is 42.5 Å². The molecule has 0 saturated carbocycles. The first-order valence-corrected chi connectivity index (χ1v) is 11.8. The van der Waals surface area contributed by atoms with Crippen LogP contribution in [-0.2, 0) is 6.54 Å². The highest BCUT2D eigenvalue weighted by Crippen LogP contribution is 2.26. The van der Waals surface area contributed by atoms with Crippen LogP contribution in [0.3, 0.4) is 0 Å². The molecule has 6 bridgehead atoms. The first-order valence-electron chi connectivity index (χ1n) is 11.8. The molecule has 37 heavy (non-hydrogen) atoms. The smallest absolute Gasteiger partial charge is 0.422 e. The molecule has 4 rings (SSSR count). The Labute approximate surface area is 211 Å². The molecule has 3 aromatic rings. The van der Waals surface area contributed by atoms with Gasteiger partial charge in [0.2, 0.25) is 11.9 Å². The molecule has 2 aromatic carbocycles. The molecule has 0 atom stereocenters. The Morgan fingerprint density at radius 2 is 1.73 bits per heavy atom. The van der Waals surface area contributed by atoms with Crippen LogP contribution in [0.4, 0.5) is 30.8 Å². The van der Waals surface area contributed by atoms with Crippen LogP contribution in [0.1, 0.15) is 41.6 Å². The molecule has 0 aliphatic carbocycles. The average Bonchev–Trinajstić information content (AvgIpc) is 2.87. The SMILES string of the molecule is O=Cc1ccc2cc1OCCCCCCOc1cccc(c1)CNc1nc(nc(OCC(F)(F)F)n1)N2. The van der Waals surface area contributed by atoms with Gasteiger partial charge in [0, 0.05) is 18.3 Å². The first-order chi connectivity index (χ1) is 17.9. The normalized spacial score (nSPS) is 14.7. The minimum atomic E-state index is -4.56. The van der Waals surface area contributed by atoms with Gasteiger partial charge in [0.15, 0.2) is 12.9 Å². The summed E-state index contributed by atoms with van der Waals surface area (Å²) in [4.78, 5) is 23.6. The minimum Gasteiger partial charge on any atom is -0.494 e. The molecule has 0 saturated heterocycles. The number of rotatable bonds is 3. The summed E-state index contributed by atoms with van der Waals surface area (Å²) < 4.78 is 54.6. The fourth-order valence-electron chi connectivity index (χ4n) is 3.52. The molecule has 1 aromatic heterocycles. The molecular formula is C25H26F3N5O4. The summed E-state index contributed by atoms with van der Waals surface area (Å²) in [5, 5.41) is 5.91. The third-order valence-corrected chi connectivity index (χ3v) is 5.29. The number of nitrogens with one attached hydrogen (secondary N) is 2. The van der Waals surface area contributed by atoms with Gasteiger partial charge >= 0.3 is 12.2 Å². The van der Waals surface area contributed by atoms with Gasteiger partial charge in [-0.15, -0.1) is 0 Å². The standard InChI is InChI=1S/C25H26F3N5O4/c26-25(27,28)16-37-24-32-22-29-14-17-6-5-7-20(12-17)35-10-3-1-2-4-11-36-21-13-19(9-8-18(21)15-34)30-23(31-22)33-24/h5-9,12-13,15H,1-4,10-11,14,16H2,(H2,29,30,31,32,33).